The standard InChI is InChI=1S/C12H19N5/c1-4-10-15-16-12-11(13-6-5-9(2)3)14-7-8-17(10)12/h7-9H,4-6H2,1-3H3,(H,13,14). The molecule has 0 saturated carbocycles. The van der Waals surface area contributed by atoms with Gasteiger partial charge in [0.05, 0.1) is 0 Å². The third-order valence-corrected chi connectivity index (χ3v) is 2.73. The van der Waals surface area contributed by atoms with Crippen LogP contribution in [0.1, 0.15) is 33.0 Å². The van der Waals surface area contributed by atoms with Crippen molar-refractivity contribution in [1.29, 1.82) is 0 Å². The molecule has 0 spiro atoms. The largest absolute Gasteiger partial charge is 0.367 e. The summed E-state index contributed by atoms with van der Waals surface area (Å²) >= 11 is 0. The summed E-state index contributed by atoms with van der Waals surface area (Å²) < 4.78 is 1.99. The molecule has 0 aromatic carbocycles. The van der Waals surface area contributed by atoms with E-state index in [0.29, 0.717) is 5.92 Å². The van der Waals surface area contributed by atoms with E-state index in [1.807, 2.05) is 10.6 Å². The summed E-state index contributed by atoms with van der Waals surface area (Å²) in [6, 6.07) is 0. The maximum atomic E-state index is 4.32. The Bertz CT molecular complexity index is 489. The van der Waals surface area contributed by atoms with Gasteiger partial charge in [-0.25, -0.2) is 4.98 Å². The molecule has 17 heavy (non-hydrogen) atoms. The number of hydrogen-bond acceptors (Lipinski definition) is 4. The lowest BCUT2D eigenvalue weighted by molar-refractivity contribution is 0.606. The van der Waals surface area contributed by atoms with Crippen molar-refractivity contribution in [2.45, 2.75) is 33.6 Å². The zero-order chi connectivity index (χ0) is 12.3. The van der Waals surface area contributed by atoms with E-state index in [2.05, 4.69) is 41.3 Å². The van der Waals surface area contributed by atoms with Crippen LogP contribution in [0.5, 0.6) is 0 Å². The minimum atomic E-state index is 0.686. The van der Waals surface area contributed by atoms with Crippen molar-refractivity contribution in [2.24, 2.45) is 5.92 Å². The van der Waals surface area contributed by atoms with Gasteiger partial charge in [-0.3, -0.25) is 4.40 Å². The molecule has 1 N–H and O–H groups in total. The molecule has 5 heteroatoms. The summed E-state index contributed by atoms with van der Waals surface area (Å²) in [7, 11) is 0. The monoisotopic (exact) mass is 233 g/mol. The van der Waals surface area contributed by atoms with Gasteiger partial charge < -0.3 is 5.32 Å². The van der Waals surface area contributed by atoms with Gasteiger partial charge in [0.2, 0.25) is 5.65 Å². The topological polar surface area (TPSA) is 55.1 Å². The Labute approximate surface area is 101 Å². The highest BCUT2D eigenvalue weighted by atomic mass is 15.3. The molecule has 0 saturated heterocycles. The van der Waals surface area contributed by atoms with Gasteiger partial charge >= 0.3 is 0 Å². The number of fused-ring (bicyclic) bond motifs is 1. The molecular weight excluding hydrogens is 214 g/mol. The van der Waals surface area contributed by atoms with Gasteiger partial charge in [0, 0.05) is 25.4 Å². The van der Waals surface area contributed by atoms with E-state index in [4.69, 9.17) is 0 Å². The Kier molecular flexibility index (Phi) is 3.56. The van der Waals surface area contributed by atoms with Crippen LogP contribution in [-0.2, 0) is 6.42 Å². The van der Waals surface area contributed by atoms with Gasteiger partial charge in [-0.15, -0.1) is 10.2 Å². The fraction of sp³-hybridized carbons (Fsp3) is 0.583. The average molecular weight is 233 g/mol. The van der Waals surface area contributed by atoms with Crippen molar-refractivity contribution >= 4 is 11.5 Å². The van der Waals surface area contributed by atoms with Gasteiger partial charge in [0.15, 0.2) is 5.82 Å². The highest BCUT2D eigenvalue weighted by molar-refractivity contribution is 5.61. The van der Waals surface area contributed by atoms with Crippen molar-refractivity contribution < 1.29 is 0 Å². The molecule has 92 valence electrons. The third kappa shape index (κ3) is 2.54. The number of anilines is 1. The van der Waals surface area contributed by atoms with Crippen LogP contribution in [0.15, 0.2) is 12.4 Å². The van der Waals surface area contributed by atoms with Gasteiger partial charge in [0.1, 0.15) is 5.82 Å². The maximum Gasteiger partial charge on any atom is 0.203 e. The van der Waals surface area contributed by atoms with Crippen LogP contribution in [0, 0.1) is 5.92 Å². The minimum Gasteiger partial charge on any atom is -0.367 e. The molecule has 0 unspecified atom stereocenters. The van der Waals surface area contributed by atoms with Crippen molar-refractivity contribution in [3.05, 3.63) is 18.2 Å². The molecule has 0 aliphatic heterocycles. The summed E-state index contributed by atoms with van der Waals surface area (Å²) in [6.07, 6.45) is 5.68. The minimum absolute atomic E-state index is 0.686. The average Bonchev–Trinajstić information content (AvgIpc) is 2.72. The van der Waals surface area contributed by atoms with E-state index in [1.165, 1.54) is 0 Å². The first-order chi connectivity index (χ1) is 8.22. The molecule has 2 heterocycles. The maximum absolute atomic E-state index is 4.32. The SMILES string of the molecule is CCc1nnc2c(NCCC(C)C)nccn12. The van der Waals surface area contributed by atoms with Crippen molar-refractivity contribution in [1.82, 2.24) is 19.6 Å². The second-order valence-corrected chi connectivity index (χ2v) is 4.55. The smallest absolute Gasteiger partial charge is 0.203 e. The Hall–Kier alpha value is -1.65. The lowest BCUT2D eigenvalue weighted by Gasteiger charge is -2.08. The predicted molar refractivity (Wildman–Crippen MR) is 68.1 cm³/mol. The first-order valence-electron chi connectivity index (χ1n) is 6.14. The molecule has 2 aromatic heterocycles. The van der Waals surface area contributed by atoms with Gasteiger partial charge in [-0.2, -0.15) is 0 Å². The summed E-state index contributed by atoms with van der Waals surface area (Å²) in [5.74, 6) is 2.47. The summed E-state index contributed by atoms with van der Waals surface area (Å²) in [5.41, 5.74) is 0.813. The van der Waals surface area contributed by atoms with E-state index in [1.54, 1.807) is 6.20 Å². The van der Waals surface area contributed by atoms with Crippen molar-refractivity contribution in [3.8, 4) is 0 Å². The molecule has 0 fully saturated rings. The second kappa shape index (κ2) is 5.12. The molecule has 0 aliphatic rings. The lowest BCUT2D eigenvalue weighted by atomic mass is 10.1. The highest BCUT2D eigenvalue weighted by Crippen LogP contribution is 2.13. The van der Waals surface area contributed by atoms with Crippen LogP contribution in [0.4, 0.5) is 5.82 Å². The molecule has 0 bridgehead atoms. The van der Waals surface area contributed by atoms with E-state index < -0.39 is 0 Å². The Morgan fingerprint density at radius 2 is 2.18 bits per heavy atom. The first-order valence-corrected chi connectivity index (χ1v) is 6.14. The number of aromatic nitrogens is 4. The molecule has 0 atom stereocenters. The molecule has 2 rings (SSSR count). The van der Waals surface area contributed by atoms with E-state index >= 15 is 0 Å². The summed E-state index contributed by atoms with van der Waals surface area (Å²) in [6.45, 7) is 7.41. The van der Waals surface area contributed by atoms with Crippen LogP contribution >= 0.6 is 0 Å². The Morgan fingerprint density at radius 1 is 1.35 bits per heavy atom. The highest BCUT2D eigenvalue weighted by Gasteiger charge is 2.08. The molecule has 5 nitrogen and oxygen atoms in total. The molecular formula is C12H19N5. The zero-order valence-corrected chi connectivity index (χ0v) is 10.6. The normalized spacial score (nSPS) is 11.3. The molecule has 0 radical (unpaired) electrons. The third-order valence-electron chi connectivity index (χ3n) is 2.73. The van der Waals surface area contributed by atoms with Crippen LogP contribution in [-0.4, -0.2) is 26.1 Å². The molecule has 0 amide bonds. The summed E-state index contributed by atoms with van der Waals surface area (Å²) in [4.78, 5) is 4.32. The number of nitrogens with one attached hydrogen (secondary N) is 1. The predicted octanol–water partition coefficient (Wildman–Crippen LogP) is 2.14. The van der Waals surface area contributed by atoms with Crippen LogP contribution in [0.3, 0.4) is 0 Å². The van der Waals surface area contributed by atoms with Gasteiger partial charge in [-0.05, 0) is 12.3 Å². The van der Waals surface area contributed by atoms with E-state index in [9.17, 15) is 0 Å². The molecule has 0 aliphatic carbocycles. The van der Waals surface area contributed by atoms with Gasteiger partial charge in [0.25, 0.3) is 0 Å². The van der Waals surface area contributed by atoms with Crippen molar-refractivity contribution in [3.63, 3.8) is 0 Å². The number of nitrogens with zero attached hydrogens (tertiary/aromatic N) is 4. The second-order valence-electron chi connectivity index (χ2n) is 4.55. The molecule has 2 aromatic rings. The fourth-order valence-corrected chi connectivity index (χ4v) is 1.72. The summed E-state index contributed by atoms with van der Waals surface area (Å²) in [5, 5.41) is 11.6. The van der Waals surface area contributed by atoms with Crippen LogP contribution in [0.2, 0.25) is 0 Å². The number of aryl methyl sites for hydroxylation is 1. The Balaban J connectivity index is 2.19. The lowest BCUT2D eigenvalue weighted by Crippen LogP contribution is -2.07. The fourth-order valence-electron chi connectivity index (χ4n) is 1.72. The van der Waals surface area contributed by atoms with E-state index in [-0.39, 0.29) is 0 Å². The quantitative estimate of drug-likeness (QED) is 0.859. The van der Waals surface area contributed by atoms with E-state index in [0.717, 1.165) is 36.7 Å². The van der Waals surface area contributed by atoms with Gasteiger partial charge in [-0.1, -0.05) is 20.8 Å². The van der Waals surface area contributed by atoms with Crippen LogP contribution < -0.4 is 5.32 Å². The van der Waals surface area contributed by atoms with Crippen LogP contribution in [0.25, 0.3) is 5.65 Å². The Morgan fingerprint density at radius 3 is 2.88 bits per heavy atom. The number of hydrogen-bond donors (Lipinski definition) is 1. The van der Waals surface area contributed by atoms with Crippen molar-refractivity contribution in [2.75, 3.05) is 11.9 Å². The zero-order valence-electron chi connectivity index (χ0n) is 10.6. The first kappa shape index (κ1) is 11.8. The number of rotatable bonds is 5.